The number of hydrogen-bond donors (Lipinski definition) is 5. The smallest absolute Gasteiger partial charge is 0.394 e. The molecule has 4 aliphatic rings. The second-order valence-corrected chi connectivity index (χ2v) is 11.2. The Labute approximate surface area is 208 Å². The van der Waals surface area contributed by atoms with Crippen molar-refractivity contribution in [3.8, 4) is 0 Å². The third-order valence-electron chi connectivity index (χ3n) is 7.06. The summed E-state index contributed by atoms with van der Waals surface area (Å²) in [5.41, 5.74) is -2.85. The minimum absolute atomic E-state index is 0.0512. The summed E-state index contributed by atoms with van der Waals surface area (Å²) < 4.78 is 35.3. The van der Waals surface area contributed by atoms with E-state index < -0.39 is 86.5 Å². The lowest BCUT2D eigenvalue weighted by molar-refractivity contribution is -0.136. The van der Waals surface area contributed by atoms with E-state index in [-0.39, 0.29) is 31.4 Å². The third-order valence-corrected chi connectivity index (χ3v) is 8.08. The number of urea groups is 1. The first-order chi connectivity index (χ1) is 17.4. The molecule has 8 atom stereocenters. The number of carbonyl (C=O) groups excluding carboxylic acids is 2. The minimum atomic E-state index is -4.76. The molecular formula is C20H27N4O12P. The maximum absolute atomic E-state index is 12.9. The van der Waals surface area contributed by atoms with Crippen LogP contribution in [0.15, 0.2) is 15.8 Å². The summed E-state index contributed by atoms with van der Waals surface area (Å²) in [4.78, 5) is 64.4. The predicted molar refractivity (Wildman–Crippen MR) is 119 cm³/mol. The average Bonchev–Trinajstić information content (AvgIpc) is 3.39. The van der Waals surface area contributed by atoms with Crippen LogP contribution in [0.25, 0.3) is 0 Å². The first-order valence-electron chi connectivity index (χ1n) is 11.6. The van der Waals surface area contributed by atoms with E-state index in [0.29, 0.717) is 0 Å². The van der Waals surface area contributed by atoms with Crippen molar-refractivity contribution in [2.45, 2.75) is 63.1 Å². The lowest BCUT2D eigenvalue weighted by Crippen LogP contribution is -2.62. The fourth-order valence-electron chi connectivity index (χ4n) is 5.07. The number of hydrogen-bond acceptors (Lipinski definition) is 11. The maximum Gasteiger partial charge on any atom is 0.472 e. The molecule has 0 saturated carbocycles. The summed E-state index contributed by atoms with van der Waals surface area (Å²) in [7, 11) is -4.76. The standard InChI is InChI=1S/C20H27N4O12P/c1-20-4-9-5-23(18(29)21-16(9)27)14-2-10(26)13(35-14)7-33-37(31,32)36-11-3-15(34-12(11)6-25)24(8-20)19(30)22-17(20)28/h5,10-15,25-26H,2-4,6-8H2,1H3,(H,31,32)(H,21,27,29)(H,22,28,30)/t10-,11-,12+,13+,14+,15+,20-/m0/s1. The Kier molecular flexibility index (Phi) is 6.65. The van der Waals surface area contributed by atoms with Gasteiger partial charge in [0.1, 0.15) is 30.8 Å². The fraction of sp³-hybridized carbons (Fsp3) is 0.700. The van der Waals surface area contributed by atoms with Crippen molar-refractivity contribution in [2.24, 2.45) is 5.41 Å². The van der Waals surface area contributed by atoms with E-state index in [1.165, 1.54) is 18.0 Å². The molecule has 0 aromatic carbocycles. The van der Waals surface area contributed by atoms with Crippen LogP contribution in [-0.4, -0.2) is 91.9 Å². The molecule has 1 aromatic heterocycles. The Hall–Kier alpha value is -2.43. The quantitative estimate of drug-likeness (QED) is 0.240. The molecule has 37 heavy (non-hydrogen) atoms. The Morgan fingerprint density at radius 3 is 2.65 bits per heavy atom. The lowest BCUT2D eigenvalue weighted by atomic mass is 9.81. The number of phosphoric ester groups is 1. The van der Waals surface area contributed by atoms with Crippen molar-refractivity contribution >= 4 is 19.8 Å². The summed E-state index contributed by atoms with van der Waals surface area (Å²) >= 11 is 0. The van der Waals surface area contributed by atoms with Crippen molar-refractivity contribution < 1.29 is 47.8 Å². The molecule has 0 radical (unpaired) electrons. The molecular weight excluding hydrogens is 519 g/mol. The molecule has 204 valence electrons. The maximum atomic E-state index is 12.9. The second kappa shape index (κ2) is 9.39. The highest BCUT2D eigenvalue weighted by Crippen LogP contribution is 2.48. The molecule has 16 nitrogen and oxygen atoms in total. The number of rotatable bonds is 1. The number of fused-ring (bicyclic) bond motifs is 10. The van der Waals surface area contributed by atoms with Gasteiger partial charge in [0.05, 0.1) is 24.7 Å². The number of nitrogens with zero attached hydrogens (tertiary/aromatic N) is 2. The van der Waals surface area contributed by atoms with Gasteiger partial charge in [-0.2, -0.15) is 0 Å². The molecule has 17 heteroatoms. The van der Waals surface area contributed by atoms with Crippen LogP contribution < -0.4 is 16.6 Å². The van der Waals surface area contributed by atoms with Crippen molar-refractivity contribution in [1.29, 1.82) is 0 Å². The van der Waals surface area contributed by atoms with Crippen LogP contribution in [-0.2, 0) is 34.3 Å². The zero-order chi connectivity index (χ0) is 26.7. The first kappa shape index (κ1) is 26.2. The number of amides is 3. The molecule has 1 unspecified atom stereocenters. The van der Waals surface area contributed by atoms with Crippen LogP contribution in [0.3, 0.4) is 0 Å². The Morgan fingerprint density at radius 1 is 1.16 bits per heavy atom. The zero-order valence-corrected chi connectivity index (χ0v) is 20.5. The Morgan fingerprint density at radius 2 is 1.92 bits per heavy atom. The first-order valence-corrected chi connectivity index (χ1v) is 13.1. The highest BCUT2D eigenvalue weighted by atomic mass is 31.2. The number of H-pyrrole nitrogens is 1. The van der Waals surface area contributed by atoms with Crippen LogP contribution >= 0.6 is 7.82 Å². The number of aromatic nitrogens is 2. The van der Waals surface area contributed by atoms with Gasteiger partial charge in [0.2, 0.25) is 5.91 Å². The molecule has 3 fully saturated rings. The van der Waals surface area contributed by atoms with Gasteiger partial charge >= 0.3 is 19.5 Å². The highest BCUT2D eigenvalue weighted by Gasteiger charge is 2.50. The molecule has 5 rings (SSSR count). The average molecular weight is 546 g/mol. The summed E-state index contributed by atoms with van der Waals surface area (Å²) in [5, 5.41) is 22.4. The number of aromatic amines is 1. The van der Waals surface area contributed by atoms with E-state index in [9.17, 15) is 38.8 Å². The minimum Gasteiger partial charge on any atom is -0.394 e. The van der Waals surface area contributed by atoms with Crippen molar-refractivity contribution in [1.82, 2.24) is 19.8 Å². The molecule has 1 aromatic rings. The lowest BCUT2D eigenvalue weighted by Gasteiger charge is -2.41. The van der Waals surface area contributed by atoms with E-state index in [0.717, 1.165) is 4.57 Å². The van der Waals surface area contributed by atoms with E-state index in [1.54, 1.807) is 0 Å². The van der Waals surface area contributed by atoms with Gasteiger partial charge in [-0.25, -0.2) is 14.2 Å². The molecule has 3 amide bonds. The van der Waals surface area contributed by atoms with Gasteiger partial charge < -0.3 is 24.6 Å². The van der Waals surface area contributed by atoms with Crippen LogP contribution in [0.4, 0.5) is 4.79 Å². The van der Waals surface area contributed by atoms with Gasteiger partial charge in [0, 0.05) is 31.1 Å². The predicted octanol–water partition coefficient (Wildman–Crippen LogP) is -2.09. The summed E-state index contributed by atoms with van der Waals surface area (Å²) in [5.74, 6) is -0.658. The number of imide groups is 1. The summed E-state index contributed by atoms with van der Waals surface area (Å²) in [6.45, 7) is 0.146. The highest BCUT2D eigenvalue weighted by molar-refractivity contribution is 7.47. The van der Waals surface area contributed by atoms with Crippen molar-refractivity contribution in [3.63, 3.8) is 0 Å². The summed E-state index contributed by atoms with van der Waals surface area (Å²) in [6, 6.07) is -0.787. The van der Waals surface area contributed by atoms with Gasteiger partial charge in [-0.3, -0.25) is 38.4 Å². The van der Waals surface area contributed by atoms with E-state index in [1.807, 2.05) is 0 Å². The van der Waals surface area contributed by atoms with Crippen molar-refractivity contribution in [3.05, 3.63) is 32.6 Å². The van der Waals surface area contributed by atoms with Gasteiger partial charge in [0.25, 0.3) is 5.56 Å². The SMILES string of the molecule is C[C@]12Cc3cn(c(=O)[nH]c3=O)[C@H]3C[C@H](O)[C@@H](COP(=O)(O)O[C@H]4C[C@@H](O[C@@H]4CO)N(C1)C(=O)NC2=O)O3. The number of aliphatic hydroxyl groups excluding tert-OH is 2. The van der Waals surface area contributed by atoms with Crippen LogP contribution in [0.1, 0.15) is 31.6 Å². The van der Waals surface area contributed by atoms with E-state index in [4.69, 9.17) is 18.5 Å². The number of aliphatic hydroxyl groups is 2. The fourth-order valence-corrected chi connectivity index (χ4v) is 6.03. The topological polar surface area (TPSA) is 219 Å². The van der Waals surface area contributed by atoms with E-state index >= 15 is 0 Å². The van der Waals surface area contributed by atoms with E-state index in [2.05, 4.69) is 10.3 Å². The van der Waals surface area contributed by atoms with Crippen LogP contribution in [0, 0.1) is 5.41 Å². The second-order valence-electron chi connectivity index (χ2n) is 9.83. The molecule has 0 aliphatic carbocycles. The number of ether oxygens (including phenoxy) is 2. The summed E-state index contributed by atoms with van der Waals surface area (Å²) in [6.07, 6.45) is -5.81. The normalized spacial score (nSPS) is 40.4. The number of nitrogens with one attached hydrogen (secondary N) is 2. The van der Waals surface area contributed by atoms with Gasteiger partial charge in [-0.15, -0.1) is 0 Å². The van der Waals surface area contributed by atoms with Crippen molar-refractivity contribution in [2.75, 3.05) is 19.8 Å². The number of phosphoric acid groups is 1. The monoisotopic (exact) mass is 546 g/mol. The molecule has 0 spiro atoms. The Balaban J connectivity index is 1.56. The molecule has 4 aliphatic heterocycles. The van der Waals surface area contributed by atoms with Crippen LogP contribution in [0.5, 0.6) is 0 Å². The Bertz CT molecular complexity index is 1270. The zero-order valence-electron chi connectivity index (χ0n) is 19.6. The molecule has 5 heterocycles. The van der Waals surface area contributed by atoms with Gasteiger partial charge in [0.15, 0.2) is 0 Å². The number of carbonyl (C=O) groups is 2. The molecule has 8 bridgehead atoms. The van der Waals surface area contributed by atoms with Crippen LogP contribution in [0.2, 0.25) is 0 Å². The van der Waals surface area contributed by atoms with Gasteiger partial charge in [-0.05, 0) is 13.3 Å². The largest absolute Gasteiger partial charge is 0.472 e. The molecule has 5 N–H and O–H groups in total. The van der Waals surface area contributed by atoms with Gasteiger partial charge in [-0.1, -0.05) is 0 Å². The third kappa shape index (κ3) is 4.91. The molecule has 3 saturated heterocycles.